The predicted octanol–water partition coefficient (Wildman–Crippen LogP) is 27.7. The van der Waals surface area contributed by atoms with E-state index in [-0.39, 0.29) is 0 Å². The van der Waals surface area contributed by atoms with Crippen LogP contribution < -0.4 is 0 Å². The van der Waals surface area contributed by atoms with Gasteiger partial charge in [0.05, 0.1) is 89.1 Å². The first-order chi connectivity index (χ1) is 56.5. The van der Waals surface area contributed by atoms with Crippen LogP contribution in [-0.4, -0.2) is 38.5 Å². The minimum atomic E-state index is 0.839. The van der Waals surface area contributed by atoms with Crippen LogP contribution in [0.25, 0.3) is 236 Å². The molecule has 0 saturated heterocycles. The maximum absolute atomic E-state index is 5.51. The summed E-state index contributed by atoms with van der Waals surface area (Å²) in [6, 6.07) is 135. The number of rotatable bonds is 9. The van der Waals surface area contributed by atoms with Gasteiger partial charge >= 0.3 is 0 Å². The van der Waals surface area contributed by atoms with E-state index in [1.54, 1.807) is 0 Å². The summed E-state index contributed by atoms with van der Waals surface area (Å²) in [6.07, 6.45) is 0. The third-order valence-electron chi connectivity index (χ3n) is 23.3. The zero-order valence-electron chi connectivity index (χ0n) is 61.3. The molecule has 17 aromatic carbocycles. The number of aromatic nitrogens is 8. The van der Waals surface area contributed by atoms with Crippen molar-refractivity contribution in [1.29, 1.82) is 0 Å². The van der Waals surface area contributed by atoms with Crippen molar-refractivity contribution >= 4 is 136 Å². The molecule has 8 nitrogen and oxygen atoms in total. The second kappa shape index (κ2) is 25.3. The maximum Gasteiger partial charge on any atom is 0.145 e. The summed E-state index contributed by atoms with van der Waals surface area (Å²) in [6.45, 7) is 0. The number of hydrogen-bond donors (Lipinski definition) is 0. The lowest BCUT2D eigenvalue weighted by molar-refractivity contribution is 1.18. The second-order valence-electron chi connectivity index (χ2n) is 29.7. The van der Waals surface area contributed by atoms with Crippen molar-refractivity contribution in [3.8, 4) is 112 Å². The zero-order valence-corrected chi connectivity index (χ0v) is 62.1. The zero-order chi connectivity index (χ0) is 74.6. The fraction of sp³-hybridized carbons (Fsp3) is 0. The number of thiophene rings is 1. The minimum Gasteiger partial charge on any atom is -0.309 e. The molecule has 7 heterocycles. The quantitative estimate of drug-likeness (QED) is 0.144. The molecular weight excluding hydrogens is 1410 g/mol. The molecule has 0 amide bonds. The van der Waals surface area contributed by atoms with Crippen molar-refractivity contribution in [1.82, 2.24) is 38.5 Å². The largest absolute Gasteiger partial charge is 0.309 e. The molecule has 24 aromatic rings. The summed E-state index contributed by atoms with van der Waals surface area (Å²) in [5, 5.41) is 13.5. The molecule has 25 rings (SSSR count). The van der Waals surface area contributed by atoms with Crippen LogP contribution in [-0.2, 0) is 0 Å². The van der Waals surface area contributed by atoms with Crippen LogP contribution in [0.4, 0.5) is 0 Å². The number of para-hydroxylation sites is 1. The van der Waals surface area contributed by atoms with Crippen LogP contribution in [0.3, 0.4) is 0 Å². The highest BCUT2D eigenvalue weighted by atomic mass is 32.1. The molecule has 0 atom stereocenters. The maximum atomic E-state index is 5.51. The summed E-state index contributed by atoms with van der Waals surface area (Å²) in [5.74, 6) is 0.939. The fourth-order valence-electron chi connectivity index (χ4n) is 18.3. The van der Waals surface area contributed by atoms with Gasteiger partial charge in [-0.3, -0.25) is 4.40 Å². The van der Waals surface area contributed by atoms with E-state index in [9.17, 15) is 0 Å². The molecule has 0 N–H and O–H groups in total. The molecule has 7 aromatic heterocycles. The lowest BCUT2D eigenvalue weighted by Crippen LogP contribution is -2.01. The normalized spacial score (nSPS) is 12.0. The standard InChI is InChI=1S/C53H31N5.C52H31N3S/c1-2-13-34(14-3-1)53-56-43-27-28-47-49-48-41(40-17-8-9-19-45(40)58(53)52(43)49)18-10-20-46(48)57(47)39-25-26-42-44(31-39)55-51(38-24-22-33-12-5-7-16-36(33)30-38)50(54-42)37-23-21-32-11-4-6-15-35(32)29-37;1-5-16-32(17-6-1)39-30-40-41(54-51(34-20-9-3-10-21-34)50(53-40)33-18-7-2-8-19-33)31-44(39)55-42-27-15-26-37-36-24-13-14-25-38(36)47-49-45(29-28-43(55)48(49)46(37)42)56-52(47)35-22-11-4-12-23-35/h1-31H;1-31H. The van der Waals surface area contributed by atoms with Crippen LogP contribution in [0.1, 0.15) is 0 Å². The summed E-state index contributed by atoms with van der Waals surface area (Å²) in [5.41, 5.74) is 30.7. The van der Waals surface area contributed by atoms with E-state index in [2.05, 4.69) is 378 Å². The van der Waals surface area contributed by atoms with Crippen molar-refractivity contribution in [3.63, 3.8) is 0 Å². The van der Waals surface area contributed by atoms with Gasteiger partial charge in [-0.15, -0.1) is 11.3 Å². The monoisotopic (exact) mass is 1470 g/mol. The van der Waals surface area contributed by atoms with Gasteiger partial charge in [0, 0.05) is 86.5 Å². The molecule has 114 heavy (non-hydrogen) atoms. The van der Waals surface area contributed by atoms with Gasteiger partial charge in [0.1, 0.15) is 5.82 Å². The van der Waals surface area contributed by atoms with Gasteiger partial charge in [0.2, 0.25) is 0 Å². The van der Waals surface area contributed by atoms with E-state index in [4.69, 9.17) is 24.9 Å². The van der Waals surface area contributed by atoms with E-state index >= 15 is 0 Å². The van der Waals surface area contributed by atoms with Gasteiger partial charge in [-0.1, -0.05) is 291 Å². The van der Waals surface area contributed by atoms with E-state index in [1.807, 2.05) is 23.5 Å². The van der Waals surface area contributed by atoms with Crippen LogP contribution in [0.15, 0.2) is 376 Å². The van der Waals surface area contributed by atoms with Crippen molar-refractivity contribution in [2.24, 2.45) is 0 Å². The predicted molar refractivity (Wildman–Crippen MR) is 476 cm³/mol. The fourth-order valence-corrected chi connectivity index (χ4v) is 19.5. The third kappa shape index (κ3) is 9.79. The molecule has 1 aliphatic rings. The van der Waals surface area contributed by atoms with Gasteiger partial charge in [-0.2, -0.15) is 0 Å². The summed E-state index contributed by atoms with van der Waals surface area (Å²) < 4.78 is 8.56. The van der Waals surface area contributed by atoms with Crippen LogP contribution in [0.5, 0.6) is 0 Å². The smallest absolute Gasteiger partial charge is 0.145 e. The average Bonchev–Trinajstić information content (AvgIpc) is 1.53. The Morgan fingerprint density at radius 3 is 1.39 bits per heavy atom. The second-order valence-corrected chi connectivity index (χ2v) is 30.7. The Bertz CT molecular complexity index is 8080. The first kappa shape index (κ1) is 63.9. The molecule has 0 aliphatic heterocycles. The first-order valence-corrected chi connectivity index (χ1v) is 39.5. The minimum absolute atomic E-state index is 0.839. The molecule has 1 aliphatic carbocycles. The van der Waals surface area contributed by atoms with Gasteiger partial charge in [0.15, 0.2) is 0 Å². The van der Waals surface area contributed by atoms with Crippen molar-refractivity contribution in [2.45, 2.75) is 0 Å². The SMILES string of the molecule is c1ccc(-c2cc3nc(-c4ccccc4)c(-c4ccccc4)nc3cc2-n2c3cccc4c3c3c5c(c(-c6ccccc6)sc5ccc32)-c2ccccc2-4)cc1.c1ccc(-c2nc3ccc4c5c6c(cccc6n4-c4ccc6nc(-c7ccc8ccccc8c7)c(-c7ccc8ccccc8c7)nc6c4)c4ccccc4n2c35)cc1. The van der Waals surface area contributed by atoms with Gasteiger partial charge in [0.25, 0.3) is 0 Å². The Balaban J connectivity index is 0.000000132. The van der Waals surface area contributed by atoms with Gasteiger partial charge in [-0.05, 0) is 140 Å². The van der Waals surface area contributed by atoms with Crippen LogP contribution in [0, 0.1) is 0 Å². The molecule has 0 fully saturated rings. The number of nitrogens with zero attached hydrogens (tertiary/aromatic N) is 8. The van der Waals surface area contributed by atoms with E-state index < -0.39 is 0 Å². The molecule has 528 valence electrons. The lowest BCUT2D eigenvalue weighted by Gasteiger charge is -2.18. The number of imidazole rings is 1. The summed E-state index contributed by atoms with van der Waals surface area (Å²) in [4.78, 5) is 28.4. The molecule has 0 radical (unpaired) electrons. The van der Waals surface area contributed by atoms with Crippen LogP contribution in [0.2, 0.25) is 0 Å². The van der Waals surface area contributed by atoms with Gasteiger partial charge < -0.3 is 9.13 Å². The Morgan fingerprint density at radius 2 is 0.719 bits per heavy atom. The molecule has 9 heteroatoms. The van der Waals surface area contributed by atoms with E-state index in [0.29, 0.717) is 0 Å². The lowest BCUT2D eigenvalue weighted by atomic mass is 9.93. The molecule has 0 unspecified atom stereocenters. The number of fused-ring (bicyclic) bond motifs is 10. The highest BCUT2D eigenvalue weighted by molar-refractivity contribution is 7.23. The number of hydrogen-bond acceptors (Lipinski definition) is 6. The molecule has 0 bridgehead atoms. The molecule has 0 spiro atoms. The highest BCUT2D eigenvalue weighted by Crippen LogP contribution is 2.56. The van der Waals surface area contributed by atoms with Crippen molar-refractivity contribution in [3.05, 3.63) is 376 Å². The Hall–Kier alpha value is -15.0. The third-order valence-corrected chi connectivity index (χ3v) is 24.5. The first-order valence-electron chi connectivity index (χ1n) is 38.7. The highest BCUT2D eigenvalue weighted by Gasteiger charge is 2.31. The average molecular weight is 1470 g/mol. The Labute approximate surface area is 657 Å². The topological polar surface area (TPSA) is 78.7 Å². The Morgan fingerprint density at radius 1 is 0.237 bits per heavy atom. The van der Waals surface area contributed by atoms with E-state index in [1.165, 1.54) is 108 Å². The van der Waals surface area contributed by atoms with Crippen molar-refractivity contribution in [2.75, 3.05) is 0 Å². The van der Waals surface area contributed by atoms with Crippen molar-refractivity contribution < 1.29 is 0 Å². The molecule has 0 saturated carbocycles. The van der Waals surface area contributed by atoms with E-state index in [0.717, 1.165) is 129 Å². The van der Waals surface area contributed by atoms with Crippen LogP contribution >= 0.6 is 11.3 Å². The summed E-state index contributed by atoms with van der Waals surface area (Å²) >= 11 is 1.90. The Kier molecular flexibility index (Phi) is 14.1. The van der Waals surface area contributed by atoms with Gasteiger partial charge in [-0.25, -0.2) is 24.9 Å². The molecular formula is C105H62N8S. The summed E-state index contributed by atoms with van der Waals surface area (Å²) in [7, 11) is 0. The number of benzene rings is 17.